The van der Waals surface area contributed by atoms with Crippen LogP contribution in [0, 0.1) is 17.8 Å². The van der Waals surface area contributed by atoms with Gasteiger partial charge in [-0.05, 0) is 17.8 Å². The molecule has 0 heteroatoms. The summed E-state index contributed by atoms with van der Waals surface area (Å²) in [6.45, 7) is 12.2. The van der Waals surface area contributed by atoms with E-state index in [4.69, 9.17) is 0 Å². The minimum Gasteiger partial charge on any atom is -0.0654 e. The number of hydrogen-bond donors (Lipinski definition) is 0. The number of hydrogen-bond acceptors (Lipinski definition) is 0. The Morgan fingerprint density at radius 3 is 0.625 bits per heavy atom. The van der Waals surface area contributed by atoms with Gasteiger partial charge in [0.2, 0.25) is 0 Å². The topological polar surface area (TPSA) is 0 Å². The first-order valence-corrected chi connectivity index (χ1v) is 19.6. The second kappa shape index (κ2) is 33.5. The fourth-order valence-corrected chi connectivity index (χ4v) is 6.73. The molecule has 0 fully saturated rings. The average molecular weight is 563 g/mol. The van der Waals surface area contributed by atoms with Crippen LogP contribution in [0.4, 0.5) is 0 Å². The molecule has 0 radical (unpaired) electrons. The Morgan fingerprint density at radius 1 is 0.225 bits per heavy atom. The summed E-state index contributed by atoms with van der Waals surface area (Å²) in [6, 6.07) is 0. The van der Waals surface area contributed by atoms with Crippen LogP contribution in [0.5, 0.6) is 0 Å². The SMILES string of the molecule is CCCCCCCCCCCCCCC(C)CCCC(C)CCCC(C)CCCCCCCCCCCCCC. The lowest BCUT2D eigenvalue weighted by Gasteiger charge is -2.16. The predicted molar refractivity (Wildman–Crippen MR) is 187 cm³/mol. The van der Waals surface area contributed by atoms with Gasteiger partial charge in [0.25, 0.3) is 0 Å². The predicted octanol–water partition coefficient (Wildman–Crippen LogP) is 15.4. The van der Waals surface area contributed by atoms with E-state index in [-0.39, 0.29) is 0 Å². The molecule has 0 bridgehead atoms. The minimum absolute atomic E-state index is 0.942. The summed E-state index contributed by atoms with van der Waals surface area (Å²) in [5.74, 6) is 2.84. The molecule has 2 unspecified atom stereocenters. The highest BCUT2D eigenvalue weighted by Gasteiger charge is 2.08. The normalized spacial score (nSPS) is 14.0. The highest BCUT2D eigenvalue weighted by molar-refractivity contribution is 4.61. The minimum atomic E-state index is 0.942. The molecule has 0 saturated heterocycles. The van der Waals surface area contributed by atoms with Crippen LogP contribution >= 0.6 is 0 Å². The Bertz CT molecular complexity index is 399. The van der Waals surface area contributed by atoms with Crippen LogP contribution in [0.2, 0.25) is 0 Å². The quantitative estimate of drug-likeness (QED) is 0.0684. The Hall–Kier alpha value is 0. The Balaban J connectivity index is 3.37. The van der Waals surface area contributed by atoms with Crippen molar-refractivity contribution >= 4 is 0 Å². The molecule has 0 nitrogen and oxygen atoms in total. The van der Waals surface area contributed by atoms with Crippen LogP contribution in [0.25, 0.3) is 0 Å². The second-order valence-corrected chi connectivity index (χ2v) is 14.5. The van der Waals surface area contributed by atoms with Gasteiger partial charge < -0.3 is 0 Å². The Kier molecular flexibility index (Phi) is 33.5. The summed E-state index contributed by atoms with van der Waals surface area (Å²) >= 11 is 0. The van der Waals surface area contributed by atoms with E-state index in [0.717, 1.165) is 17.8 Å². The zero-order chi connectivity index (χ0) is 29.4. The van der Waals surface area contributed by atoms with Gasteiger partial charge in [0.05, 0.1) is 0 Å². The number of rotatable bonds is 34. The van der Waals surface area contributed by atoms with Crippen molar-refractivity contribution in [2.45, 2.75) is 240 Å². The van der Waals surface area contributed by atoms with Gasteiger partial charge in [-0.3, -0.25) is 0 Å². The third-order valence-corrected chi connectivity index (χ3v) is 9.89. The summed E-state index contributed by atoms with van der Waals surface area (Å²) in [5, 5.41) is 0. The summed E-state index contributed by atoms with van der Waals surface area (Å²) < 4.78 is 0. The Morgan fingerprint density at radius 2 is 0.400 bits per heavy atom. The van der Waals surface area contributed by atoms with Crippen molar-refractivity contribution in [3.63, 3.8) is 0 Å². The molecule has 0 aliphatic rings. The molecular formula is C40H82. The van der Waals surface area contributed by atoms with Gasteiger partial charge in [-0.2, -0.15) is 0 Å². The lowest BCUT2D eigenvalue weighted by Crippen LogP contribution is -2.01. The third-order valence-electron chi connectivity index (χ3n) is 9.89. The van der Waals surface area contributed by atoms with Gasteiger partial charge in [-0.1, -0.05) is 240 Å². The highest BCUT2D eigenvalue weighted by Crippen LogP contribution is 2.23. The first-order valence-electron chi connectivity index (χ1n) is 19.6. The number of unbranched alkanes of at least 4 members (excludes halogenated alkanes) is 22. The van der Waals surface area contributed by atoms with Gasteiger partial charge >= 0.3 is 0 Å². The standard InChI is InChI=1S/C40H82/c1-6-8-10-12-14-16-18-20-22-24-26-28-32-38(3)34-30-36-40(5)37-31-35-39(4)33-29-27-25-23-21-19-17-15-13-11-9-7-2/h38-40H,6-37H2,1-5H3. The molecule has 0 aromatic rings. The smallest absolute Gasteiger partial charge is 0.0443 e. The van der Waals surface area contributed by atoms with Gasteiger partial charge in [-0.25, -0.2) is 0 Å². The maximum Gasteiger partial charge on any atom is -0.0443 e. The third kappa shape index (κ3) is 32.5. The van der Waals surface area contributed by atoms with E-state index in [0.29, 0.717) is 0 Å². The Labute approximate surface area is 257 Å². The van der Waals surface area contributed by atoms with Crippen molar-refractivity contribution in [1.29, 1.82) is 0 Å². The van der Waals surface area contributed by atoms with Gasteiger partial charge in [0.15, 0.2) is 0 Å². The van der Waals surface area contributed by atoms with Crippen LogP contribution in [0.3, 0.4) is 0 Å². The van der Waals surface area contributed by atoms with E-state index in [1.807, 2.05) is 0 Å². The summed E-state index contributed by atoms with van der Waals surface area (Å²) in [6.07, 6.45) is 47.0. The van der Waals surface area contributed by atoms with Gasteiger partial charge in [0, 0.05) is 0 Å². The first-order chi connectivity index (χ1) is 19.6. The average Bonchev–Trinajstić information content (AvgIpc) is 2.94. The van der Waals surface area contributed by atoms with E-state index in [2.05, 4.69) is 34.6 Å². The van der Waals surface area contributed by atoms with Crippen molar-refractivity contribution in [2.24, 2.45) is 17.8 Å². The fraction of sp³-hybridized carbons (Fsp3) is 1.00. The summed E-state index contributed by atoms with van der Waals surface area (Å²) in [5.41, 5.74) is 0. The zero-order valence-corrected chi connectivity index (χ0v) is 29.4. The van der Waals surface area contributed by atoms with Crippen LogP contribution < -0.4 is 0 Å². The highest BCUT2D eigenvalue weighted by atomic mass is 14.1. The van der Waals surface area contributed by atoms with Crippen molar-refractivity contribution in [3.8, 4) is 0 Å². The van der Waals surface area contributed by atoms with E-state index < -0.39 is 0 Å². The van der Waals surface area contributed by atoms with Crippen LogP contribution in [0.1, 0.15) is 240 Å². The van der Waals surface area contributed by atoms with Crippen molar-refractivity contribution < 1.29 is 0 Å². The lowest BCUT2D eigenvalue weighted by molar-refractivity contribution is 0.373. The summed E-state index contributed by atoms with van der Waals surface area (Å²) in [7, 11) is 0. The van der Waals surface area contributed by atoms with E-state index in [1.54, 1.807) is 0 Å². The van der Waals surface area contributed by atoms with Crippen LogP contribution in [-0.2, 0) is 0 Å². The van der Waals surface area contributed by atoms with Crippen molar-refractivity contribution in [2.75, 3.05) is 0 Å². The first kappa shape index (κ1) is 40.0. The van der Waals surface area contributed by atoms with Gasteiger partial charge in [-0.15, -0.1) is 0 Å². The molecule has 0 aliphatic heterocycles. The van der Waals surface area contributed by atoms with Gasteiger partial charge in [0.1, 0.15) is 0 Å². The molecule has 0 rings (SSSR count). The molecule has 0 heterocycles. The molecule has 0 amide bonds. The summed E-state index contributed by atoms with van der Waals surface area (Å²) in [4.78, 5) is 0. The second-order valence-electron chi connectivity index (χ2n) is 14.5. The van der Waals surface area contributed by atoms with Crippen molar-refractivity contribution in [3.05, 3.63) is 0 Å². The molecule has 0 N–H and O–H groups in total. The van der Waals surface area contributed by atoms with E-state index in [9.17, 15) is 0 Å². The monoisotopic (exact) mass is 563 g/mol. The zero-order valence-electron chi connectivity index (χ0n) is 29.4. The molecule has 0 saturated carbocycles. The maximum atomic E-state index is 2.52. The van der Waals surface area contributed by atoms with Crippen molar-refractivity contribution in [1.82, 2.24) is 0 Å². The molecule has 0 aromatic heterocycles. The molecule has 0 aromatic carbocycles. The largest absolute Gasteiger partial charge is 0.0654 e. The van der Waals surface area contributed by atoms with E-state index in [1.165, 1.54) is 205 Å². The lowest BCUT2D eigenvalue weighted by atomic mass is 9.90. The molecule has 242 valence electrons. The molecule has 0 aliphatic carbocycles. The fourth-order valence-electron chi connectivity index (χ4n) is 6.73. The van der Waals surface area contributed by atoms with E-state index >= 15 is 0 Å². The molecule has 2 atom stereocenters. The molecule has 0 spiro atoms. The van der Waals surface area contributed by atoms with Crippen LogP contribution in [-0.4, -0.2) is 0 Å². The van der Waals surface area contributed by atoms with Crippen LogP contribution in [0.15, 0.2) is 0 Å². The molecule has 40 heavy (non-hydrogen) atoms. The maximum absolute atomic E-state index is 2.52. The molecular weight excluding hydrogens is 480 g/mol.